The molecule has 2 aliphatic rings. The van der Waals surface area contributed by atoms with Gasteiger partial charge in [0.1, 0.15) is 11.2 Å². The molecule has 366 valence electrons. The van der Waals surface area contributed by atoms with E-state index in [1.54, 1.807) is 0 Å². The minimum absolute atomic E-state index is 0.196. The van der Waals surface area contributed by atoms with E-state index in [1.807, 2.05) is 0 Å². The SMILES string of the molecule is CC1(C)c2ccccc2-c2cc3c(-c4ccc(N(c5ccccc5)c5ccccc5)cc4)cc4c5cc(-c6ccc(N(c7ccccc7)c7ccccc7)cc6)c6cc7c(cc6c5oc4c3cc21)C(C)(C)c1ccccc1-7. The maximum atomic E-state index is 7.55. The van der Waals surface area contributed by atoms with E-state index in [0.717, 1.165) is 78.0 Å². The monoisotopic (exact) mass is 986 g/mol. The molecule has 0 amide bonds. The second-order valence-corrected chi connectivity index (χ2v) is 22.0. The molecule has 0 radical (unpaired) electrons. The van der Waals surface area contributed by atoms with Gasteiger partial charge >= 0.3 is 0 Å². The topological polar surface area (TPSA) is 19.6 Å². The van der Waals surface area contributed by atoms with E-state index in [2.05, 4.69) is 292 Å². The van der Waals surface area contributed by atoms with Crippen LogP contribution in [0.15, 0.2) is 259 Å². The van der Waals surface area contributed by atoms with E-state index >= 15 is 0 Å². The van der Waals surface area contributed by atoms with Crippen LogP contribution < -0.4 is 9.80 Å². The standard InChI is InChI=1S/C74H54N2O/c1-73(2)67-31-19-17-29-55(67)61-43-59-57(47-33-37-53(38-34-47)75(49-21-9-5-10-22-49)50-23-11-6-12-24-50)41-63-64-42-58(48-35-39-54(40-36-48)76(51-25-13-7-14-26-51)52-27-15-8-16-28-52)60-44-62-56-30-18-20-32-68(56)74(3,4)70(62)46-66(60)72(64)77-71(63)65(59)45-69(61)73/h5-46H,1-4H3. The Bertz CT molecular complexity index is 4090. The van der Waals surface area contributed by atoms with Gasteiger partial charge in [0.2, 0.25) is 0 Å². The van der Waals surface area contributed by atoms with E-state index in [1.165, 1.54) is 66.4 Å². The third kappa shape index (κ3) is 6.90. The number of hydrogen-bond donors (Lipinski definition) is 0. The molecule has 77 heavy (non-hydrogen) atoms. The molecular weight excluding hydrogens is 933 g/mol. The Morgan fingerprint density at radius 2 is 0.532 bits per heavy atom. The van der Waals surface area contributed by atoms with Gasteiger partial charge in [-0.25, -0.2) is 0 Å². The molecule has 0 bridgehead atoms. The first kappa shape index (κ1) is 45.0. The molecule has 0 spiro atoms. The summed E-state index contributed by atoms with van der Waals surface area (Å²) in [6, 6.07) is 93.5. The molecule has 0 N–H and O–H groups in total. The van der Waals surface area contributed by atoms with Gasteiger partial charge < -0.3 is 14.2 Å². The zero-order valence-electron chi connectivity index (χ0n) is 43.6. The van der Waals surface area contributed by atoms with Gasteiger partial charge in [0.15, 0.2) is 0 Å². The fraction of sp³-hybridized carbons (Fsp3) is 0.0811. The highest BCUT2D eigenvalue weighted by atomic mass is 16.3. The summed E-state index contributed by atoms with van der Waals surface area (Å²) in [7, 11) is 0. The van der Waals surface area contributed by atoms with Gasteiger partial charge in [0, 0.05) is 66.5 Å². The zero-order chi connectivity index (χ0) is 51.6. The van der Waals surface area contributed by atoms with Gasteiger partial charge in [0.05, 0.1) is 0 Å². The summed E-state index contributed by atoms with van der Waals surface area (Å²) < 4.78 is 7.55. The van der Waals surface area contributed by atoms with Gasteiger partial charge in [-0.3, -0.25) is 0 Å². The number of benzene rings is 12. The fourth-order valence-electron chi connectivity index (χ4n) is 13.2. The molecule has 0 saturated carbocycles. The number of anilines is 6. The van der Waals surface area contributed by atoms with Crippen LogP contribution in [0, 0.1) is 0 Å². The van der Waals surface area contributed by atoms with Crippen molar-refractivity contribution in [1.29, 1.82) is 0 Å². The lowest BCUT2D eigenvalue weighted by atomic mass is 9.81. The van der Waals surface area contributed by atoms with Crippen molar-refractivity contribution >= 4 is 77.6 Å². The molecule has 3 heteroatoms. The van der Waals surface area contributed by atoms with Crippen LogP contribution in [0.2, 0.25) is 0 Å². The molecule has 3 nitrogen and oxygen atoms in total. The summed E-state index contributed by atoms with van der Waals surface area (Å²) in [5.74, 6) is 0. The maximum absolute atomic E-state index is 7.55. The molecule has 0 unspecified atom stereocenters. The molecule has 0 atom stereocenters. The number of nitrogens with zero attached hydrogens (tertiary/aromatic N) is 2. The summed E-state index contributed by atoms with van der Waals surface area (Å²) in [4.78, 5) is 4.66. The van der Waals surface area contributed by atoms with E-state index in [-0.39, 0.29) is 10.8 Å². The van der Waals surface area contributed by atoms with Gasteiger partial charge in [0.25, 0.3) is 0 Å². The Morgan fingerprint density at radius 1 is 0.247 bits per heavy atom. The van der Waals surface area contributed by atoms with Crippen LogP contribution in [0.4, 0.5) is 34.1 Å². The molecule has 15 rings (SSSR count). The van der Waals surface area contributed by atoms with Crippen LogP contribution in [-0.2, 0) is 10.8 Å². The van der Waals surface area contributed by atoms with Gasteiger partial charge in [-0.05, 0) is 187 Å². The van der Waals surface area contributed by atoms with Crippen LogP contribution in [0.1, 0.15) is 49.9 Å². The van der Waals surface area contributed by atoms with Crippen molar-refractivity contribution < 1.29 is 4.42 Å². The Morgan fingerprint density at radius 3 is 0.883 bits per heavy atom. The van der Waals surface area contributed by atoms with Crippen molar-refractivity contribution in [2.45, 2.75) is 38.5 Å². The lowest BCUT2D eigenvalue weighted by Gasteiger charge is -2.25. The zero-order valence-corrected chi connectivity index (χ0v) is 43.6. The van der Waals surface area contributed by atoms with Crippen molar-refractivity contribution in [2.24, 2.45) is 0 Å². The third-order valence-electron chi connectivity index (χ3n) is 17.0. The summed E-state index contributed by atoms with van der Waals surface area (Å²) in [6.45, 7) is 9.49. The Labute approximate surface area is 449 Å². The summed E-state index contributed by atoms with van der Waals surface area (Å²) in [5, 5.41) is 6.83. The average molecular weight is 987 g/mol. The van der Waals surface area contributed by atoms with E-state index < -0.39 is 0 Å². The number of furan rings is 1. The maximum Gasteiger partial charge on any atom is 0.143 e. The molecule has 2 aliphatic carbocycles. The van der Waals surface area contributed by atoms with Crippen LogP contribution >= 0.6 is 0 Å². The normalized spacial score (nSPS) is 13.7. The molecule has 1 heterocycles. The van der Waals surface area contributed by atoms with Crippen molar-refractivity contribution in [2.75, 3.05) is 9.80 Å². The molecule has 0 fully saturated rings. The summed E-state index contributed by atoms with van der Waals surface area (Å²) >= 11 is 0. The first-order valence-corrected chi connectivity index (χ1v) is 26.9. The highest BCUT2D eigenvalue weighted by molar-refractivity contribution is 6.26. The number of rotatable bonds is 8. The van der Waals surface area contributed by atoms with Gasteiger partial charge in [-0.2, -0.15) is 0 Å². The molecular formula is C74H54N2O. The van der Waals surface area contributed by atoms with Crippen LogP contribution in [0.5, 0.6) is 0 Å². The minimum atomic E-state index is -0.196. The molecule has 0 aliphatic heterocycles. The second-order valence-electron chi connectivity index (χ2n) is 22.0. The van der Waals surface area contributed by atoms with Crippen molar-refractivity contribution in [1.82, 2.24) is 0 Å². The second kappa shape index (κ2) is 17.0. The van der Waals surface area contributed by atoms with Crippen LogP contribution in [-0.4, -0.2) is 0 Å². The minimum Gasteiger partial charge on any atom is -0.455 e. The molecule has 1 aromatic heterocycles. The average Bonchev–Trinajstić information content (AvgIpc) is 4.15. The lowest BCUT2D eigenvalue weighted by Crippen LogP contribution is -2.14. The van der Waals surface area contributed by atoms with Crippen LogP contribution in [0.25, 0.3) is 88.0 Å². The smallest absolute Gasteiger partial charge is 0.143 e. The summed E-state index contributed by atoms with van der Waals surface area (Å²) in [5.41, 5.74) is 23.3. The Kier molecular flexibility index (Phi) is 9.96. The largest absolute Gasteiger partial charge is 0.455 e. The first-order chi connectivity index (χ1) is 37.7. The van der Waals surface area contributed by atoms with E-state index in [4.69, 9.17) is 4.42 Å². The van der Waals surface area contributed by atoms with Gasteiger partial charge in [-0.15, -0.1) is 0 Å². The van der Waals surface area contributed by atoms with Crippen molar-refractivity contribution in [3.63, 3.8) is 0 Å². The molecule has 0 saturated heterocycles. The van der Waals surface area contributed by atoms with E-state index in [9.17, 15) is 0 Å². The molecule has 12 aromatic carbocycles. The van der Waals surface area contributed by atoms with Crippen molar-refractivity contribution in [3.05, 3.63) is 277 Å². The first-order valence-electron chi connectivity index (χ1n) is 26.9. The lowest BCUT2D eigenvalue weighted by molar-refractivity contribution is 0.659. The number of hydrogen-bond acceptors (Lipinski definition) is 3. The predicted octanol–water partition coefficient (Wildman–Crippen LogP) is 20.8. The Balaban J connectivity index is 0.989. The quantitative estimate of drug-likeness (QED) is 0.151. The predicted molar refractivity (Wildman–Crippen MR) is 324 cm³/mol. The molecule has 13 aromatic rings. The third-order valence-corrected chi connectivity index (χ3v) is 17.0. The number of para-hydroxylation sites is 4. The van der Waals surface area contributed by atoms with E-state index in [0.29, 0.717) is 0 Å². The Hall–Kier alpha value is -9.44. The fourth-order valence-corrected chi connectivity index (χ4v) is 13.2. The van der Waals surface area contributed by atoms with Crippen LogP contribution in [0.3, 0.4) is 0 Å². The van der Waals surface area contributed by atoms with Gasteiger partial charge in [-0.1, -0.05) is 173 Å². The van der Waals surface area contributed by atoms with Crippen molar-refractivity contribution in [3.8, 4) is 44.5 Å². The summed E-state index contributed by atoms with van der Waals surface area (Å²) in [6.07, 6.45) is 0. The highest BCUT2D eigenvalue weighted by Crippen LogP contribution is 2.55. The highest BCUT2D eigenvalue weighted by Gasteiger charge is 2.38. The number of fused-ring (bicyclic) bond motifs is 13.